The molecule has 1 aliphatic rings. The maximum atomic E-state index is 13.4. The molecule has 13 nitrogen and oxygen atoms in total. The monoisotopic (exact) mass is 612 g/mol. The number of fused-ring (bicyclic) bond motifs is 1. The number of amides is 2. The van der Waals surface area contributed by atoms with Crippen LogP contribution in [-0.2, 0) is 20.6 Å². The average Bonchev–Trinajstić information content (AvgIpc) is 2.94. The summed E-state index contributed by atoms with van der Waals surface area (Å²) in [6, 6.07) is 7.06. The van der Waals surface area contributed by atoms with Crippen molar-refractivity contribution in [3.05, 3.63) is 68.9 Å². The molecule has 6 N–H and O–H groups in total. The molecule has 0 radical (unpaired) electrons. The van der Waals surface area contributed by atoms with Crippen LogP contribution in [0.4, 0.5) is 10.5 Å². The van der Waals surface area contributed by atoms with Gasteiger partial charge in [-0.2, -0.15) is 0 Å². The number of ether oxygens (including phenoxy) is 4. The summed E-state index contributed by atoms with van der Waals surface area (Å²) in [5.41, 5.74) is 4.85. The lowest BCUT2D eigenvalue weighted by atomic mass is 9.89. The van der Waals surface area contributed by atoms with Gasteiger partial charge in [-0.05, 0) is 76.9 Å². The van der Waals surface area contributed by atoms with E-state index in [1.807, 2.05) is 19.9 Å². The Labute approximate surface area is 252 Å². The predicted octanol–water partition coefficient (Wildman–Crippen LogP) is 3.63. The van der Waals surface area contributed by atoms with Gasteiger partial charge in [0.15, 0.2) is 17.9 Å². The van der Waals surface area contributed by atoms with Crippen molar-refractivity contribution in [3.63, 3.8) is 0 Å². The summed E-state index contributed by atoms with van der Waals surface area (Å²) >= 11 is 0. The van der Waals surface area contributed by atoms with Crippen molar-refractivity contribution in [1.82, 2.24) is 0 Å². The highest BCUT2D eigenvalue weighted by atomic mass is 16.7. The van der Waals surface area contributed by atoms with Gasteiger partial charge < -0.3 is 49.7 Å². The first kappa shape index (κ1) is 32.3. The van der Waals surface area contributed by atoms with Crippen molar-refractivity contribution in [2.24, 2.45) is 5.73 Å². The molecule has 2 heterocycles. The van der Waals surface area contributed by atoms with Crippen LogP contribution in [0.15, 0.2) is 51.2 Å². The number of aromatic hydroxyl groups is 2. The Kier molecular flexibility index (Phi) is 9.23. The van der Waals surface area contributed by atoms with Gasteiger partial charge in [-0.1, -0.05) is 11.6 Å². The van der Waals surface area contributed by atoms with Gasteiger partial charge in [0.25, 0.3) is 5.91 Å². The zero-order chi connectivity index (χ0) is 32.5. The van der Waals surface area contributed by atoms with Crippen molar-refractivity contribution in [1.29, 1.82) is 0 Å². The molecule has 3 aromatic rings. The van der Waals surface area contributed by atoms with Gasteiger partial charge in [0.1, 0.15) is 23.2 Å². The molecule has 1 saturated heterocycles. The maximum Gasteiger partial charge on any atom is 0.404 e. The maximum absolute atomic E-state index is 13.4. The van der Waals surface area contributed by atoms with E-state index >= 15 is 0 Å². The van der Waals surface area contributed by atoms with E-state index in [1.165, 1.54) is 37.4 Å². The SMILES string of the molecule is CO[C@@H]1[C@@H](OC(N)=O)[C@@H](O)[C@H](Oc2ccc3c(=O)c(NC(=O)c4ccc(O)c(CC=C(C)C)c4)c(O)oc3c2C)OC1(C)C. The molecule has 1 aliphatic heterocycles. The van der Waals surface area contributed by atoms with E-state index in [0.29, 0.717) is 12.0 Å². The van der Waals surface area contributed by atoms with Gasteiger partial charge in [-0.25, -0.2) is 4.79 Å². The number of phenols is 1. The van der Waals surface area contributed by atoms with E-state index in [0.717, 1.165) is 5.57 Å². The van der Waals surface area contributed by atoms with Crippen LogP contribution in [0, 0.1) is 6.92 Å². The number of carbonyl (C=O) groups excluding carboxylic acids is 2. The first-order chi connectivity index (χ1) is 20.6. The number of carbonyl (C=O) groups is 2. The van der Waals surface area contributed by atoms with Crippen LogP contribution in [0.3, 0.4) is 0 Å². The molecular formula is C31H36N2O11. The first-order valence-electron chi connectivity index (χ1n) is 13.7. The Bertz CT molecular complexity index is 1670. The standard InChI is InChI=1S/C31H36N2O11/c1-14(2)7-8-16-13-17(9-11-19(16)34)27(37)33-21-22(35)18-10-12-20(15(3)24(18)42-28(21)38)41-29-23(36)25(43-30(32)39)26(40-6)31(4,5)44-29/h7,9-13,23,25-26,29,34,36,38H,8H2,1-6H3,(H2,32,39)(H,33,37)/t23-,25+,26-,29-/m1/s1. The first-order valence-corrected chi connectivity index (χ1v) is 13.7. The number of allylic oxidation sites excluding steroid dienone is 2. The van der Waals surface area contributed by atoms with Crippen molar-refractivity contribution in [2.75, 3.05) is 12.4 Å². The van der Waals surface area contributed by atoms with Crippen molar-refractivity contribution in [2.45, 2.75) is 71.2 Å². The Morgan fingerprint density at radius 1 is 1.16 bits per heavy atom. The molecule has 4 rings (SSSR count). The fourth-order valence-corrected chi connectivity index (χ4v) is 5.06. The minimum Gasteiger partial charge on any atom is -0.508 e. The number of phenolic OH excluding ortho intramolecular Hbond substituents is 1. The fourth-order valence-electron chi connectivity index (χ4n) is 5.06. The van der Waals surface area contributed by atoms with Crippen LogP contribution in [0.2, 0.25) is 0 Å². The fraction of sp³-hybridized carbons (Fsp3) is 0.387. The normalized spacial score (nSPS) is 21.0. The number of nitrogens with two attached hydrogens (primary N) is 1. The Morgan fingerprint density at radius 3 is 2.50 bits per heavy atom. The Balaban J connectivity index is 1.63. The lowest BCUT2D eigenvalue weighted by Gasteiger charge is -2.47. The number of anilines is 1. The third-order valence-electron chi connectivity index (χ3n) is 7.32. The largest absolute Gasteiger partial charge is 0.508 e. The molecule has 1 aromatic heterocycles. The van der Waals surface area contributed by atoms with E-state index in [1.54, 1.807) is 20.8 Å². The van der Waals surface area contributed by atoms with E-state index in [-0.39, 0.29) is 33.6 Å². The van der Waals surface area contributed by atoms with Gasteiger partial charge in [0.2, 0.25) is 11.7 Å². The van der Waals surface area contributed by atoms with Gasteiger partial charge in [-0.15, -0.1) is 0 Å². The second kappa shape index (κ2) is 12.6. The third-order valence-corrected chi connectivity index (χ3v) is 7.32. The van der Waals surface area contributed by atoms with Gasteiger partial charge in [0, 0.05) is 18.2 Å². The summed E-state index contributed by atoms with van der Waals surface area (Å²) in [7, 11) is 1.37. The van der Waals surface area contributed by atoms with E-state index in [4.69, 9.17) is 29.1 Å². The second-order valence-corrected chi connectivity index (χ2v) is 11.2. The summed E-state index contributed by atoms with van der Waals surface area (Å²) < 4.78 is 27.9. The Morgan fingerprint density at radius 2 is 1.86 bits per heavy atom. The van der Waals surface area contributed by atoms with Crippen molar-refractivity contribution < 1.29 is 48.3 Å². The molecule has 4 atom stereocenters. The van der Waals surface area contributed by atoms with Crippen LogP contribution < -0.4 is 21.2 Å². The molecular weight excluding hydrogens is 576 g/mol. The number of aryl methyl sites for hydroxylation is 1. The van der Waals surface area contributed by atoms with Crippen LogP contribution in [0.1, 0.15) is 49.2 Å². The van der Waals surface area contributed by atoms with E-state index < -0.39 is 59.3 Å². The quantitative estimate of drug-likeness (QED) is 0.233. The highest BCUT2D eigenvalue weighted by molar-refractivity contribution is 6.05. The molecule has 44 heavy (non-hydrogen) atoms. The number of benzene rings is 2. The van der Waals surface area contributed by atoms with Gasteiger partial charge in [-0.3, -0.25) is 9.59 Å². The van der Waals surface area contributed by atoms with Gasteiger partial charge in [0.05, 0.1) is 11.0 Å². The zero-order valence-corrected chi connectivity index (χ0v) is 25.2. The molecule has 0 aliphatic carbocycles. The van der Waals surface area contributed by atoms with Crippen molar-refractivity contribution >= 4 is 28.7 Å². The van der Waals surface area contributed by atoms with E-state index in [2.05, 4.69) is 5.32 Å². The third kappa shape index (κ3) is 6.49. The summed E-state index contributed by atoms with van der Waals surface area (Å²) in [6.07, 6.45) is -3.81. The van der Waals surface area contributed by atoms with E-state index in [9.17, 15) is 29.7 Å². The lowest BCUT2D eigenvalue weighted by Crippen LogP contribution is -2.65. The average molecular weight is 613 g/mol. The summed E-state index contributed by atoms with van der Waals surface area (Å²) in [4.78, 5) is 37.9. The summed E-state index contributed by atoms with van der Waals surface area (Å²) in [6.45, 7) is 8.69. The lowest BCUT2D eigenvalue weighted by molar-refractivity contribution is -0.304. The predicted molar refractivity (Wildman–Crippen MR) is 159 cm³/mol. The molecule has 0 bridgehead atoms. The summed E-state index contributed by atoms with van der Waals surface area (Å²) in [5.74, 6) is -1.40. The Hall–Kier alpha value is -4.59. The van der Waals surface area contributed by atoms with Crippen molar-refractivity contribution in [3.8, 4) is 17.4 Å². The zero-order valence-electron chi connectivity index (χ0n) is 25.2. The molecule has 0 unspecified atom stereocenters. The highest BCUT2D eigenvalue weighted by Crippen LogP contribution is 2.37. The number of aliphatic hydroxyl groups is 1. The second-order valence-electron chi connectivity index (χ2n) is 11.2. The summed E-state index contributed by atoms with van der Waals surface area (Å²) in [5, 5.41) is 34.2. The minimum atomic E-state index is -1.52. The minimum absolute atomic E-state index is 0.0183. The molecule has 1 fully saturated rings. The molecule has 0 saturated carbocycles. The van der Waals surface area contributed by atoms with Crippen LogP contribution in [-0.4, -0.2) is 64.6 Å². The molecule has 236 valence electrons. The number of hydrogen-bond acceptors (Lipinski definition) is 11. The van der Waals surface area contributed by atoms with Gasteiger partial charge >= 0.3 is 12.0 Å². The van der Waals surface area contributed by atoms with Crippen LogP contribution in [0.25, 0.3) is 11.0 Å². The molecule has 0 spiro atoms. The number of hydrogen-bond donors (Lipinski definition) is 5. The smallest absolute Gasteiger partial charge is 0.404 e. The molecule has 13 heteroatoms. The molecule has 2 amide bonds. The number of nitrogens with one attached hydrogen (secondary N) is 1. The molecule has 2 aromatic carbocycles. The highest BCUT2D eigenvalue weighted by Gasteiger charge is 2.53. The van der Waals surface area contributed by atoms with Crippen LogP contribution in [0.5, 0.6) is 17.4 Å². The number of rotatable bonds is 8. The number of methoxy groups -OCH3 is 1. The number of aliphatic hydroxyl groups excluding tert-OH is 1. The number of primary amides is 1. The van der Waals surface area contributed by atoms with Crippen LogP contribution >= 0.6 is 0 Å². The topological polar surface area (TPSA) is 200 Å².